The molecule has 2 atom stereocenters. The van der Waals surface area contributed by atoms with Gasteiger partial charge in [-0.1, -0.05) is 26.0 Å². The number of benzene rings is 1. The van der Waals surface area contributed by atoms with Crippen LogP contribution in [-0.2, 0) is 11.3 Å². The number of nitrogens with zero attached hydrogens (tertiary/aromatic N) is 1. The van der Waals surface area contributed by atoms with Gasteiger partial charge >= 0.3 is 0 Å². The quantitative estimate of drug-likeness (QED) is 0.908. The summed E-state index contributed by atoms with van der Waals surface area (Å²) in [6.45, 7) is 5.36. The van der Waals surface area contributed by atoms with E-state index in [9.17, 15) is 4.79 Å². The zero-order chi connectivity index (χ0) is 17.0. The molecule has 4 aliphatic rings. The van der Waals surface area contributed by atoms with E-state index in [0.717, 1.165) is 30.7 Å². The van der Waals surface area contributed by atoms with Gasteiger partial charge in [-0.15, -0.1) is 0 Å². The average Bonchev–Trinajstić information content (AvgIpc) is 2.49. The molecular formula is C21H26N2O. The van der Waals surface area contributed by atoms with Gasteiger partial charge in [-0.2, -0.15) is 5.26 Å². The fraction of sp³-hybridized carbons (Fsp3) is 0.619. The molecule has 0 spiro atoms. The van der Waals surface area contributed by atoms with Gasteiger partial charge in [-0.3, -0.25) is 4.79 Å². The Kier molecular flexibility index (Phi) is 3.33. The van der Waals surface area contributed by atoms with E-state index < -0.39 is 0 Å². The maximum Gasteiger partial charge on any atom is 0.226 e. The molecule has 4 saturated carbocycles. The molecule has 2 unspecified atom stereocenters. The Morgan fingerprint density at radius 3 is 2.29 bits per heavy atom. The van der Waals surface area contributed by atoms with Crippen LogP contribution < -0.4 is 5.32 Å². The highest BCUT2D eigenvalue weighted by atomic mass is 16.2. The van der Waals surface area contributed by atoms with Crippen molar-refractivity contribution in [3.8, 4) is 6.07 Å². The smallest absolute Gasteiger partial charge is 0.226 e. The van der Waals surface area contributed by atoms with Crippen LogP contribution in [0.2, 0.25) is 0 Å². The van der Waals surface area contributed by atoms with Crippen LogP contribution in [0.15, 0.2) is 24.3 Å². The Morgan fingerprint density at radius 1 is 1.12 bits per heavy atom. The van der Waals surface area contributed by atoms with Crippen LogP contribution in [0.3, 0.4) is 0 Å². The molecule has 4 aliphatic carbocycles. The van der Waals surface area contributed by atoms with Crippen molar-refractivity contribution in [3.05, 3.63) is 35.4 Å². The summed E-state index contributed by atoms with van der Waals surface area (Å²) in [4.78, 5) is 13.1. The molecule has 3 heteroatoms. The minimum atomic E-state index is -0.143. The van der Waals surface area contributed by atoms with Gasteiger partial charge in [0.1, 0.15) is 0 Å². The van der Waals surface area contributed by atoms with Crippen LogP contribution >= 0.6 is 0 Å². The van der Waals surface area contributed by atoms with E-state index in [1.807, 2.05) is 24.3 Å². The SMILES string of the molecule is CC12CC3CC(C)(C1)CC(C(=O)NCc1ccc(C#N)cc1)(C3)C2. The molecule has 0 aromatic heterocycles. The van der Waals surface area contributed by atoms with E-state index >= 15 is 0 Å². The molecule has 4 fully saturated rings. The Balaban J connectivity index is 1.49. The van der Waals surface area contributed by atoms with Crippen molar-refractivity contribution in [1.82, 2.24) is 5.32 Å². The molecule has 0 heterocycles. The average molecular weight is 322 g/mol. The molecule has 0 radical (unpaired) electrons. The molecule has 0 saturated heterocycles. The maximum absolute atomic E-state index is 13.1. The van der Waals surface area contributed by atoms with Gasteiger partial charge in [0.15, 0.2) is 0 Å². The van der Waals surface area contributed by atoms with Gasteiger partial charge in [0, 0.05) is 6.54 Å². The highest BCUT2D eigenvalue weighted by Crippen LogP contribution is 2.69. The van der Waals surface area contributed by atoms with Crippen LogP contribution in [0.25, 0.3) is 0 Å². The van der Waals surface area contributed by atoms with Crippen LogP contribution in [0.5, 0.6) is 0 Å². The summed E-state index contributed by atoms with van der Waals surface area (Å²) in [5.74, 6) is 0.991. The van der Waals surface area contributed by atoms with E-state index in [2.05, 4.69) is 25.2 Å². The van der Waals surface area contributed by atoms with Crippen molar-refractivity contribution >= 4 is 5.91 Å². The molecule has 1 amide bonds. The van der Waals surface area contributed by atoms with Crippen LogP contribution in [-0.4, -0.2) is 5.91 Å². The molecule has 126 valence electrons. The Labute approximate surface area is 144 Å². The van der Waals surface area contributed by atoms with Crippen molar-refractivity contribution in [2.24, 2.45) is 22.2 Å². The number of rotatable bonds is 3. The second kappa shape index (κ2) is 5.09. The molecule has 3 nitrogen and oxygen atoms in total. The zero-order valence-electron chi connectivity index (χ0n) is 14.7. The monoisotopic (exact) mass is 322 g/mol. The van der Waals surface area contributed by atoms with Gasteiger partial charge in [0.25, 0.3) is 0 Å². The summed E-state index contributed by atoms with van der Waals surface area (Å²) in [7, 11) is 0. The van der Waals surface area contributed by atoms with Gasteiger partial charge in [-0.25, -0.2) is 0 Å². The fourth-order valence-electron chi connectivity index (χ4n) is 6.77. The predicted molar refractivity (Wildman–Crippen MR) is 92.8 cm³/mol. The van der Waals surface area contributed by atoms with E-state index in [4.69, 9.17) is 5.26 Å². The first-order valence-corrected chi connectivity index (χ1v) is 9.11. The normalized spacial score (nSPS) is 39.5. The van der Waals surface area contributed by atoms with E-state index in [1.54, 1.807) is 0 Å². The first-order chi connectivity index (χ1) is 11.3. The molecule has 1 N–H and O–H groups in total. The Hall–Kier alpha value is -1.82. The molecule has 4 bridgehead atoms. The largest absolute Gasteiger partial charge is 0.352 e. The van der Waals surface area contributed by atoms with Crippen molar-refractivity contribution in [1.29, 1.82) is 5.26 Å². The number of carbonyl (C=O) groups is 1. The maximum atomic E-state index is 13.1. The van der Waals surface area contributed by atoms with Crippen LogP contribution in [0.4, 0.5) is 0 Å². The second-order valence-corrected chi connectivity index (χ2v) is 9.40. The summed E-state index contributed by atoms with van der Waals surface area (Å²) < 4.78 is 0. The summed E-state index contributed by atoms with van der Waals surface area (Å²) >= 11 is 0. The molecule has 1 aromatic rings. The third kappa shape index (κ3) is 2.53. The Morgan fingerprint density at radius 2 is 1.75 bits per heavy atom. The van der Waals surface area contributed by atoms with Crippen molar-refractivity contribution in [2.75, 3.05) is 0 Å². The number of hydrogen-bond acceptors (Lipinski definition) is 2. The van der Waals surface area contributed by atoms with E-state index in [1.165, 1.54) is 19.3 Å². The lowest BCUT2D eigenvalue weighted by molar-refractivity contribution is -0.170. The molecular weight excluding hydrogens is 296 g/mol. The summed E-state index contributed by atoms with van der Waals surface area (Å²) in [5.41, 5.74) is 2.30. The minimum Gasteiger partial charge on any atom is -0.352 e. The topological polar surface area (TPSA) is 52.9 Å². The first kappa shape index (κ1) is 15.7. The second-order valence-electron chi connectivity index (χ2n) is 9.40. The van der Waals surface area contributed by atoms with Gasteiger partial charge in [0.05, 0.1) is 17.0 Å². The van der Waals surface area contributed by atoms with Gasteiger partial charge in [0.2, 0.25) is 5.91 Å². The molecule has 24 heavy (non-hydrogen) atoms. The number of nitriles is 1. The first-order valence-electron chi connectivity index (χ1n) is 9.11. The predicted octanol–water partition coefficient (Wildman–Crippen LogP) is 4.17. The van der Waals surface area contributed by atoms with E-state index in [-0.39, 0.29) is 11.3 Å². The van der Waals surface area contributed by atoms with E-state index in [0.29, 0.717) is 22.9 Å². The number of amides is 1. The molecule has 1 aromatic carbocycles. The van der Waals surface area contributed by atoms with Gasteiger partial charge in [-0.05, 0) is 73.0 Å². The zero-order valence-corrected chi connectivity index (χ0v) is 14.7. The lowest BCUT2D eigenvalue weighted by Crippen LogP contribution is -2.59. The lowest BCUT2D eigenvalue weighted by atomic mass is 9.40. The minimum absolute atomic E-state index is 0.143. The summed E-state index contributed by atoms with van der Waals surface area (Å²) in [6, 6.07) is 9.62. The summed E-state index contributed by atoms with van der Waals surface area (Å²) in [5, 5.41) is 12.1. The van der Waals surface area contributed by atoms with Crippen molar-refractivity contribution < 1.29 is 4.79 Å². The van der Waals surface area contributed by atoms with Crippen LogP contribution in [0, 0.1) is 33.5 Å². The lowest BCUT2D eigenvalue weighted by Gasteiger charge is -2.64. The summed E-state index contributed by atoms with van der Waals surface area (Å²) in [6.07, 6.45) is 7.12. The third-order valence-electron chi connectivity index (χ3n) is 6.64. The van der Waals surface area contributed by atoms with Crippen molar-refractivity contribution in [3.63, 3.8) is 0 Å². The number of carbonyl (C=O) groups excluding carboxylic acids is 1. The van der Waals surface area contributed by atoms with Gasteiger partial charge < -0.3 is 5.32 Å². The highest BCUT2D eigenvalue weighted by molar-refractivity contribution is 5.83. The van der Waals surface area contributed by atoms with Crippen molar-refractivity contribution in [2.45, 2.75) is 58.9 Å². The van der Waals surface area contributed by atoms with Crippen LogP contribution in [0.1, 0.15) is 63.5 Å². The molecule has 5 rings (SSSR count). The Bertz CT molecular complexity index is 696. The highest BCUT2D eigenvalue weighted by Gasteiger charge is 2.62. The number of nitrogens with one attached hydrogen (secondary N) is 1. The standard InChI is InChI=1S/C21H26N2O/c1-19-7-17-8-20(2,12-19)14-21(9-17,13-19)18(24)23-11-16-5-3-15(10-22)4-6-16/h3-6,17H,7-9,11-14H2,1-2H3,(H,23,24). The number of hydrogen-bond donors (Lipinski definition) is 1. The third-order valence-corrected chi connectivity index (χ3v) is 6.64. The molecule has 0 aliphatic heterocycles. The fourth-order valence-corrected chi connectivity index (χ4v) is 6.77.